The Morgan fingerprint density at radius 1 is 1.00 bits per heavy atom. The Hall–Kier alpha value is -0.770. The lowest BCUT2D eigenvalue weighted by molar-refractivity contribution is 0.246. The van der Waals surface area contributed by atoms with Gasteiger partial charge >= 0.3 is 0 Å². The van der Waals surface area contributed by atoms with Crippen molar-refractivity contribution < 1.29 is 0 Å². The Labute approximate surface area is 92.7 Å². The fourth-order valence-electron chi connectivity index (χ4n) is 2.04. The first-order valence-corrected chi connectivity index (χ1v) is 6.07. The van der Waals surface area contributed by atoms with E-state index in [1.54, 1.807) is 0 Å². The molecule has 4 nitrogen and oxygen atoms in total. The van der Waals surface area contributed by atoms with Gasteiger partial charge < -0.3 is 16.4 Å². The van der Waals surface area contributed by atoms with Crippen LogP contribution in [0.1, 0.15) is 38.5 Å². The van der Waals surface area contributed by atoms with Crippen molar-refractivity contribution in [1.82, 2.24) is 4.90 Å². The van der Waals surface area contributed by atoms with Crippen molar-refractivity contribution in [3.63, 3.8) is 0 Å². The molecule has 1 heterocycles. The highest BCUT2D eigenvalue weighted by atomic mass is 15.1. The first-order valence-electron chi connectivity index (χ1n) is 6.07. The molecule has 0 bridgehead atoms. The van der Waals surface area contributed by atoms with Crippen LogP contribution in [0.2, 0.25) is 0 Å². The molecule has 88 valence electrons. The van der Waals surface area contributed by atoms with Gasteiger partial charge in [-0.1, -0.05) is 19.3 Å². The van der Waals surface area contributed by atoms with Crippen molar-refractivity contribution in [3.05, 3.63) is 0 Å². The van der Waals surface area contributed by atoms with Crippen LogP contribution in [0.15, 0.2) is 4.99 Å². The van der Waals surface area contributed by atoms with Crippen LogP contribution in [0.4, 0.5) is 0 Å². The summed E-state index contributed by atoms with van der Waals surface area (Å²) in [5.41, 5.74) is 10.5. The zero-order chi connectivity index (χ0) is 10.9. The van der Waals surface area contributed by atoms with E-state index in [-0.39, 0.29) is 5.96 Å². The number of nitrogens with two attached hydrogens (primary N) is 2. The lowest BCUT2D eigenvalue weighted by Crippen LogP contribution is -2.29. The van der Waals surface area contributed by atoms with Crippen LogP contribution >= 0.6 is 0 Å². The first-order chi connectivity index (χ1) is 7.29. The minimum absolute atomic E-state index is 0.211. The maximum atomic E-state index is 5.27. The Morgan fingerprint density at radius 2 is 1.60 bits per heavy atom. The maximum Gasteiger partial charge on any atom is 0.185 e. The lowest BCUT2D eigenvalue weighted by atomic mass is 10.1. The lowest BCUT2D eigenvalue weighted by Gasteiger charge is -2.23. The standard InChI is InChI=1S/C11H24N4/c12-11(13)14-7-6-10-15-8-4-2-1-3-5-9-15/h1-10H2,(H4,12,13,14). The topological polar surface area (TPSA) is 67.6 Å². The molecular formula is C11H24N4. The molecule has 0 spiro atoms. The van der Waals surface area contributed by atoms with Gasteiger partial charge in [0.25, 0.3) is 0 Å². The minimum Gasteiger partial charge on any atom is -0.370 e. The van der Waals surface area contributed by atoms with Gasteiger partial charge in [-0.2, -0.15) is 0 Å². The molecule has 1 fully saturated rings. The van der Waals surface area contributed by atoms with E-state index < -0.39 is 0 Å². The highest BCUT2D eigenvalue weighted by Gasteiger charge is 2.06. The fraction of sp³-hybridized carbons (Fsp3) is 0.909. The minimum atomic E-state index is 0.211. The van der Waals surface area contributed by atoms with E-state index in [4.69, 9.17) is 11.5 Å². The third-order valence-corrected chi connectivity index (χ3v) is 2.88. The van der Waals surface area contributed by atoms with Crippen molar-refractivity contribution in [2.24, 2.45) is 16.5 Å². The monoisotopic (exact) mass is 212 g/mol. The van der Waals surface area contributed by atoms with E-state index in [9.17, 15) is 0 Å². The van der Waals surface area contributed by atoms with Gasteiger partial charge in [-0.15, -0.1) is 0 Å². The molecule has 4 heteroatoms. The number of aliphatic imine (C=N–C) groups is 1. The van der Waals surface area contributed by atoms with E-state index in [1.807, 2.05) is 0 Å². The summed E-state index contributed by atoms with van der Waals surface area (Å²) in [5, 5.41) is 0. The second-order valence-corrected chi connectivity index (χ2v) is 4.27. The molecule has 0 unspecified atom stereocenters. The Morgan fingerprint density at radius 3 is 2.20 bits per heavy atom. The molecule has 0 aromatic heterocycles. The van der Waals surface area contributed by atoms with Gasteiger partial charge in [-0.3, -0.25) is 4.99 Å². The van der Waals surface area contributed by atoms with Gasteiger partial charge in [-0.25, -0.2) is 0 Å². The van der Waals surface area contributed by atoms with Crippen LogP contribution in [0.5, 0.6) is 0 Å². The number of guanidine groups is 1. The van der Waals surface area contributed by atoms with Crippen LogP contribution in [0, 0.1) is 0 Å². The molecule has 0 aliphatic carbocycles. The number of likely N-dealkylation sites (tertiary alicyclic amines) is 1. The van der Waals surface area contributed by atoms with Crippen molar-refractivity contribution in [2.75, 3.05) is 26.2 Å². The predicted molar refractivity (Wildman–Crippen MR) is 64.8 cm³/mol. The molecule has 1 aliphatic heterocycles. The predicted octanol–water partition coefficient (Wildman–Crippen LogP) is 0.916. The van der Waals surface area contributed by atoms with Gasteiger partial charge in [0.2, 0.25) is 0 Å². The SMILES string of the molecule is NC(N)=NCCCN1CCCCCCC1. The van der Waals surface area contributed by atoms with E-state index in [2.05, 4.69) is 9.89 Å². The van der Waals surface area contributed by atoms with Crippen LogP contribution in [0.25, 0.3) is 0 Å². The Balaban J connectivity index is 2.10. The highest BCUT2D eigenvalue weighted by molar-refractivity contribution is 5.75. The molecular weight excluding hydrogens is 188 g/mol. The van der Waals surface area contributed by atoms with Gasteiger partial charge in [0.05, 0.1) is 0 Å². The molecule has 0 aromatic carbocycles. The summed E-state index contributed by atoms with van der Waals surface area (Å²) < 4.78 is 0. The number of hydrogen-bond donors (Lipinski definition) is 2. The second kappa shape index (κ2) is 7.51. The van der Waals surface area contributed by atoms with Crippen molar-refractivity contribution in [3.8, 4) is 0 Å². The van der Waals surface area contributed by atoms with Crippen molar-refractivity contribution >= 4 is 5.96 Å². The van der Waals surface area contributed by atoms with Crippen LogP contribution in [0.3, 0.4) is 0 Å². The number of hydrogen-bond acceptors (Lipinski definition) is 2. The summed E-state index contributed by atoms with van der Waals surface area (Å²) in [6.07, 6.45) is 7.97. The zero-order valence-corrected chi connectivity index (χ0v) is 9.62. The summed E-state index contributed by atoms with van der Waals surface area (Å²) in [7, 11) is 0. The van der Waals surface area contributed by atoms with E-state index >= 15 is 0 Å². The van der Waals surface area contributed by atoms with E-state index in [1.165, 1.54) is 45.2 Å². The second-order valence-electron chi connectivity index (χ2n) is 4.27. The summed E-state index contributed by atoms with van der Waals surface area (Å²) >= 11 is 0. The smallest absolute Gasteiger partial charge is 0.185 e. The quantitative estimate of drug-likeness (QED) is 0.413. The van der Waals surface area contributed by atoms with Crippen LogP contribution in [-0.2, 0) is 0 Å². The van der Waals surface area contributed by atoms with E-state index in [0.29, 0.717) is 0 Å². The number of rotatable bonds is 4. The zero-order valence-electron chi connectivity index (χ0n) is 9.62. The Kier molecular flexibility index (Phi) is 6.16. The fourth-order valence-corrected chi connectivity index (χ4v) is 2.04. The number of nitrogens with zero attached hydrogens (tertiary/aromatic N) is 2. The highest BCUT2D eigenvalue weighted by Crippen LogP contribution is 2.10. The van der Waals surface area contributed by atoms with Gasteiger partial charge in [0.1, 0.15) is 0 Å². The molecule has 0 radical (unpaired) electrons. The van der Waals surface area contributed by atoms with Crippen LogP contribution < -0.4 is 11.5 Å². The molecule has 0 atom stereocenters. The summed E-state index contributed by atoms with van der Waals surface area (Å²) in [6, 6.07) is 0. The average Bonchev–Trinajstić information content (AvgIpc) is 2.14. The molecule has 0 saturated carbocycles. The van der Waals surface area contributed by atoms with Crippen molar-refractivity contribution in [2.45, 2.75) is 38.5 Å². The van der Waals surface area contributed by atoms with Gasteiger partial charge in [0, 0.05) is 6.54 Å². The normalized spacial score (nSPS) is 19.2. The molecule has 4 N–H and O–H groups in total. The van der Waals surface area contributed by atoms with Gasteiger partial charge in [-0.05, 0) is 38.9 Å². The van der Waals surface area contributed by atoms with Gasteiger partial charge in [0.15, 0.2) is 5.96 Å². The summed E-state index contributed by atoms with van der Waals surface area (Å²) in [5.74, 6) is 0.211. The summed E-state index contributed by atoms with van der Waals surface area (Å²) in [6.45, 7) is 4.40. The van der Waals surface area contributed by atoms with Crippen LogP contribution in [-0.4, -0.2) is 37.0 Å². The Bertz CT molecular complexity index is 179. The molecule has 1 aliphatic rings. The molecule has 15 heavy (non-hydrogen) atoms. The third kappa shape index (κ3) is 6.33. The molecule has 0 amide bonds. The van der Waals surface area contributed by atoms with Crippen molar-refractivity contribution in [1.29, 1.82) is 0 Å². The van der Waals surface area contributed by atoms with E-state index in [0.717, 1.165) is 19.5 Å². The largest absolute Gasteiger partial charge is 0.370 e. The third-order valence-electron chi connectivity index (χ3n) is 2.88. The summed E-state index contributed by atoms with van der Waals surface area (Å²) in [4.78, 5) is 6.54. The molecule has 0 aromatic rings. The first kappa shape index (κ1) is 12.3. The maximum absolute atomic E-state index is 5.27. The molecule has 1 rings (SSSR count). The average molecular weight is 212 g/mol. The molecule has 1 saturated heterocycles.